The van der Waals surface area contributed by atoms with Crippen molar-refractivity contribution in [3.8, 4) is 0 Å². The zero-order valence-electron chi connectivity index (χ0n) is 10.5. The molecule has 0 saturated carbocycles. The first-order valence-corrected chi connectivity index (χ1v) is 7.84. The molecule has 1 N–H and O–H groups in total. The van der Waals surface area contributed by atoms with E-state index in [0.29, 0.717) is 4.90 Å². The third-order valence-electron chi connectivity index (χ3n) is 3.91. The molecule has 0 amide bonds. The number of nitrogens with one attached hydrogen (secondary N) is 1. The zero-order chi connectivity index (χ0) is 12.8. The number of hydrogen-bond acceptors (Lipinski definition) is 3. The summed E-state index contributed by atoms with van der Waals surface area (Å²) < 4.78 is 27.0. The molecule has 2 aliphatic rings. The third kappa shape index (κ3) is 1.86. The van der Waals surface area contributed by atoms with E-state index in [9.17, 15) is 8.42 Å². The molecule has 2 bridgehead atoms. The van der Waals surface area contributed by atoms with Gasteiger partial charge in [0.15, 0.2) is 0 Å². The van der Waals surface area contributed by atoms with Gasteiger partial charge in [0.2, 0.25) is 10.0 Å². The van der Waals surface area contributed by atoms with Gasteiger partial charge in [0.1, 0.15) is 0 Å². The molecule has 2 fully saturated rings. The normalized spacial score (nSPS) is 28.5. The molecule has 4 nitrogen and oxygen atoms in total. The van der Waals surface area contributed by atoms with Gasteiger partial charge in [-0.25, -0.2) is 8.42 Å². The number of piperazine rings is 1. The average Bonchev–Trinajstić information content (AvgIpc) is 2.62. The lowest BCUT2D eigenvalue weighted by molar-refractivity contribution is 0.263. The fraction of sp³-hybridized carbons (Fsp3) is 0.538. The van der Waals surface area contributed by atoms with E-state index in [1.54, 1.807) is 16.4 Å². The van der Waals surface area contributed by atoms with Crippen LogP contribution in [0.4, 0.5) is 0 Å². The van der Waals surface area contributed by atoms with E-state index in [4.69, 9.17) is 0 Å². The number of rotatable bonds is 2. The first-order valence-electron chi connectivity index (χ1n) is 6.40. The highest BCUT2D eigenvalue weighted by Crippen LogP contribution is 2.32. The Bertz CT molecular complexity index is 523. The lowest BCUT2D eigenvalue weighted by Crippen LogP contribution is -2.53. The van der Waals surface area contributed by atoms with Crippen LogP contribution < -0.4 is 5.32 Å². The predicted octanol–water partition coefficient (Wildman–Crippen LogP) is 1.12. The van der Waals surface area contributed by atoms with Crippen LogP contribution in [0, 0.1) is 6.92 Å². The minimum atomic E-state index is -3.32. The Morgan fingerprint density at radius 3 is 2.22 bits per heavy atom. The molecule has 2 saturated heterocycles. The second-order valence-electron chi connectivity index (χ2n) is 5.19. The molecule has 98 valence electrons. The lowest BCUT2D eigenvalue weighted by atomic mass is 10.2. The Morgan fingerprint density at radius 2 is 1.67 bits per heavy atom. The molecular formula is C13H18N2O2S. The number of sulfonamides is 1. The van der Waals surface area contributed by atoms with Crippen LogP contribution in [0.25, 0.3) is 0 Å². The van der Waals surface area contributed by atoms with Gasteiger partial charge in [0.25, 0.3) is 0 Å². The van der Waals surface area contributed by atoms with Gasteiger partial charge < -0.3 is 5.32 Å². The maximum absolute atomic E-state index is 12.7. The van der Waals surface area contributed by atoms with E-state index in [-0.39, 0.29) is 12.1 Å². The SMILES string of the molecule is Cc1ccc(S(=O)(=O)N2C3CCC2CNC3)cc1. The summed E-state index contributed by atoms with van der Waals surface area (Å²) in [6, 6.07) is 7.41. The van der Waals surface area contributed by atoms with Crippen molar-refractivity contribution in [3.63, 3.8) is 0 Å². The van der Waals surface area contributed by atoms with Gasteiger partial charge in [0, 0.05) is 25.2 Å². The van der Waals surface area contributed by atoms with Crippen LogP contribution >= 0.6 is 0 Å². The zero-order valence-corrected chi connectivity index (χ0v) is 11.3. The number of fused-ring (bicyclic) bond motifs is 2. The van der Waals surface area contributed by atoms with E-state index < -0.39 is 10.0 Å². The summed E-state index contributed by atoms with van der Waals surface area (Å²) in [6.07, 6.45) is 1.95. The fourth-order valence-electron chi connectivity index (χ4n) is 2.96. The minimum Gasteiger partial charge on any atom is -0.314 e. The average molecular weight is 266 g/mol. The fourth-order valence-corrected chi connectivity index (χ4v) is 4.83. The summed E-state index contributed by atoms with van der Waals surface area (Å²) in [4.78, 5) is 0.423. The van der Waals surface area contributed by atoms with Crippen LogP contribution in [0.5, 0.6) is 0 Å². The molecule has 18 heavy (non-hydrogen) atoms. The van der Waals surface area contributed by atoms with Crippen LogP contribution in [0.1, 0.15) is 18.4 Å². The molecule has 0 radical (unpaired) electrons. The number of nitrogens with zero attached hydrogens (tertiary/aromatic N) is 1. The van der Waals surface area contributed by atoms with Gasteiger partial charge >= 0.3 is 0 Å². The van der Waals surface area contributed by atoms with Crippen molar-refractivity contribution in [2.75, 3.05) is 13.1 Å². The Kier molecular flexibility index (Phi) is 2.92. The van der Waals surface area contributed by atoms with Gasteiger partial charge in [-0.3, -0.25) is 0 Å². The molecule has 0 spiro atoms. The highest BCUT2D eigenvalue weighted by molar-refractivity contribution is 7.89. The van der Waals surface area contributed by atoms with Crippen molar-refractivity contribution >= 4 is 10.0 Å². The van der Waals surface area contributed by atoms with Crippen molar-refractivity contribution < 1.29 is 8.42 Å². The van der Waals surface area contributed by atoms with E-state index in [2.05, 4.69) is 5.32 Å². The Labute approximate surface area is 108 Å². The summed E-state index contributed by atoms with van der Waals surface area (Å²) in [5.41, 5.74) is 1.08. The molecule has 2 unspecified atom stereocenters. The molecule has 2 atom stereocenters. The van der Waals surface area contributed by atoms with E-state index >= 15 is 0 Å². The first-order chi connectivity index (χ1) is 8.59. The Balaban J connectivity index is 1.97. The van der Waals surface area contributed by atoms with Gasteiger partial charge in [-0.2, -0.15) is 4.31 Å². The van der Waals surface area contributed by atoms with Crippen molar-refractivity contribution in [2.24, 2.45) is 0 Å². The Hall–Kier alpha value is -0.910. The van der Waals surface area contributed by atoms with Crippen molar-refractivity contribution in [2.45, 2.75) is 36.7 Å². The molecule has 2 heterocycles. The number of aryl methyl sites for hydroxylation is 1. The second kappa shape index (κ2) is 4.33. The lowest BCUT2D eigenvalue weighted by Gasteiger charge is -2.34. The van der Waals surface area contributed by atoms with E-state index in [1.807, 2.05) is 19.1 Å². The maximum Gasteiger partial charge on any atom is 0.243 e. The van der Waals surface area contributed by atoms with Crippen molar-refractivity contribution in [1.82, 2.24) is 9.62 Å². The first kappa shape index (κ1) is 12.1. The summed E-state index contributed by atoms with van der Waals surface area (Å²) in [5, 5.41) is 3.30. The standard InChI is InChI=1S/C13H18N2O2S/c1-10-2-6-13(7-3-10)18(16,17)15-11-4-5-12(15)9-14-8-11/h2-3,6-7,11-12,14H,4-5,8-9H2,1H3. The molecule has 5 heteroatoms. The van der Waals surface area contributed by atoms with Crippen LogP contribution in [-0.4, -0.2) is 37.9 Å². The quantitative estimate of drug-likeness (QED) is 0.872. The van der Waals surface area contributed by atoms with E-state index in [0.717, 1.165) is 31.5 Å². The van der Waals surface area contributed by atoms with Gasteiger partial charge in [-0.05, 0) is 31.9 Å². The topological polar surface area (TPSA) is 49.4 Å². The molecule has 2 aliphatic heterocycles. The second-order valence-corrected chi connectivity index (χ2v) is 7.03. The molecule has 3 rings (SSSR count). The Morgan fingerprint density at radius 1 is 1.11 bits per heavy atom. The summed E-state index contributed by atoms with van der Waals surface area (Å²) in [6.45, 7) is 3.52. The highest BCUT2D eigenvalue weighted by Gasteiger charge is 2.44. The molecule has 0 aliphatic carbocycles. The van der Waals surface area contributed by atoms with Crippen LogP contribution in [0.2, 0.25) is 0 Å². The third-order valence-corrected chi connectivity index (χ3v) is 5.93. The number of hydrogen-bond donors (Lipinski definition) is 1. The summed E-state index contributed by atoms with van der Waals surface area (Å²) in [5.74, 6) is 0. The van der Waals surface area contributed by atoms with Gasteiger partial charge in [0.05, 0.1) is 4.90 Å². The summed E-state index contributed by atoms with van der Waals surface area (Å²) in [7, 11) is -3.32. The maximum atomic E-state index is 12.7. The molecule has 1 aromatic rings. The summed E-state index contributed by atoms with van der Waals surface area (Å²) >= 11 is 0. The molecular weight excluding hydrogens is 248 g/mol. The van der Waals surface area contributed by atoms with Crippen LogP contribution in [0.3, 0.4) is 0 Å². The minimum absolute atomic E-state index is 0.134. The van der Waals surface area contributed by atoms with Gasteiger partial charge in [-0.1, -0.05) is 17.7 Å². The molecule has 1 aromatic carbocycles. The van der Waals surface area contributed by atoms with Gasteiger partial charge in [-0.15, -0.1) is 0 Å². The smallest absolute Gasteiger partial charge is 0.243 e. The number of benzene rings is 1. The monoisotopic (exact) mass is 266 g/mol. The largest absolute Gasteiger partial charge is 0.314 e. The highest BCUT2D eigenvalue weighted by atomic mass is 32.2. The predicted molar refractivity (Wildman–Crippen MR) is 69.9 cm³/mol. The van der Waals surface area contributed by atoms with Crippen LogP contribution in [-0.2, 0) is 10.0 Å². The van der Waals surface area contributed by atoms with Crippen molar-refractivity contribution in [3.05, 3.63) is 29.8 Å². The van der Waals surface area contributed by atoms with E-state index in [1.165, 1.54) is 0 Å². The molecule has 0 aromatic heterocycles. The van der Waals surface area contributed by atoms with Crippen LogP contribution in [0.15, 0.2) is 29.2 Å². The van der Waals surface area contributed by atoms with Crippen molar-refractivity contribution in [1.29, 1.82) is 0 Å².